The molecular weight excluding hydrogens is 335 g/mol. The zero-order chi connectivity index (χ0) is 19.6. The van der Waals surface area contributed by atoms with Crippen LogP contribution >= 0.6 is 0 Å². The molecule has 2 heterocycles. The van der Waals surface area contributed by atoms with Gasteiger partial charge in [-0.1, -0.05) is 0 Å². The lowest BCUT2D eigenvalue weighted by Crippen LogP contribution is -2.67. The van der Waals surface area contributed by atoms with Crippen molar-refractivity contribution in [1.29, 1.82) is 0 Å². The van der Waals surface area contributed by atoms with Crippen molar-refractivity contribution in [3.05, 3.63) is 29.1 Å². The molecule has 3 amide bonds. The third-order valence-electron chi connectivity index (χ3n) is 4.48. The van der Waals surface area contributed by atoms with Crippen molar-refractivity contribution in [2.45, 2.75) is 23.6 Å². The summed E-state index contributed by atoms with van der Waals surface area (Å²) in [6.07, 6.45) is -0.617. The number of amides is 3. The minimum atomic E-state index is -2.16. The Morgan fingerprint density at radius 1 is 1.15 bits per heavy atom. The molecule has 1 saturated heterocycles. The number of benzene rings is 1. The molecule has 26 heavy (non-hydrogen) atoms. The Kier molecular flexibility index (Phi) is 4.06. The highest BCUT2D eigenvalue weighted by Gasteiger charge is 2.55. The summed E-state index contributed by atoms with van der Waals surface area (Å²) in [7, 11) is 28.1. The summed E-state index contributed by atoms with van der Waals surface area (Å²) in [6.45, 7) is -0.321. The fourth-order valence-electron chi connectivity index (χ4n) is 3.21. The van der Waals surface area contributed by atoms with Gasteiger partial charge in [-0.05, 0) is 23.8 Å². The van der Waals surface area contributed by atoms with Crippen molar-refractivity contribution in [3.63, 3.8) is 0 Å². The molecule has 3 rings (SSSR count). The highest BCUT2D eigenvalue weighted by Crippen LogP contribution is 2.43. The maximum absolute atomic E-state index is 13.8. The molecule has 0 aromatic heterocycles. The zero-order valence-electron chi connectivity index (χ0n) is 13.3. The van der Waals surface area contributed by atoms with Crippen molar-refractivity contribution in [1.82, 2.24) is 9.71 Å². The van der Waals surface area contributed by atoms with Gasteiger partial charge in [0.05, 0.1) is 26.8 Å². The van der Waals surface area contributed by atoms with Crippen LogP contribution < -0.4 is 4.97 Å². The van der Waals surface area contributed by atoms with Crippen molar-refractivity contribution in [2.75, 3.05) is 4.97 Å². The highest BCUT2D eigenvalue weighted by molar-refractivity contribution is 6.56. The smallest absolute Gasteiger partial charge is 0.271 e. The Balaban J connectivity index is 2.08. The number of hydrogen-bond acceptors (Lipinski definition) is 5. The van der Waals surface area contributed by atoms with Gasteiger partial charge >= 0.3 is 0 Å². The minimum absolute atomic E-state index is 0.124. The summed E-state index contributed by atoms with van der Waals surface area (Å²) in [6, 6.07) is 1.81. The third-order valence-corrected chi connectivity index (χ3v) is 4.48. The average Bonchev–Trinajstić information content (AvgIpc) is 2.87. The number of hydrogen-bond donors (Lipinski definition) is 1. The van der Waals surface area contributed by atoms with Gasteiger partial charge in [0.2, 0.25) is 19.8 Å². The van der Waals surface area contributed by atoms with Gasteiger partial charge in [0.25, 0.3) is 13.9 Å². The maximum atomic E-state index is 13.8. The molecule has 0 saturated carbocycles. The summed E-state index contributed by atoms with van der Waals surface area (Å²) >= 11 is 0. The fraction of sp³-hybridized carbons (Fsp3) is 0.308. The zero-order valence-corrected chi connectivity index (χ0v) is 13.3. The van der Waals surface area contributed by atoms with E-state index in [-0.39, 0.29) is 33.1 Å². The van der Waals surface area contributed by atoms with Gasteiger partial charge < -0.3 is 19.9 Å². The van der Waals surface area contributed by atoms with E-state index >= 15 is 0 Å². The van der Waals surface area contributed by atoms with Crippen LogP contribution in [0.5, 0.6) is 0 Å². The molecule has 1 N–H and O–H groups in total. The van der Waals surface area contributed by atoms with Crippen LogP contribution in [0.3, 0.4) is 0 Å². The van der Waals surface area contributed by atoms with Crippen LogP contribution in [0.25, 0.3) is 0 Å². The van der Waals surface area contributed by atoms with Gasteiger partial charge in [-0.3, -0.25) is 14.4 Å². The van der Waals surface area contributed by atoms with Crippen LogP contribution in [0.15, 0.2) is 12.1 Å². The monoisotopic (exact) mass is 343 g/mol. The van der Waals surface area contributed by atoms with E-state index in [1.807, 2.05) is 0 Å². The largest absolute Gasteiger partial charge is 0.340 e. The molecule has 0 spiro atoms. The molecule has 0 bridgehead atoms. The van der Waals surface area contributed by atoms with Gasteiger partial charge in [0, 0.05) is 17.7 Å². The van der Waals surface area contributed by atoms with Gasteiger partial charge in [-0.15, -0.1) is 0 Å². The normalized spacial score (nSPS) is 24.8. The summed E-state index contributed by atoms with van der Waals surface area (Å²) in [5.74, 6) is -3.85. The summed E-state index contributed by atoms with van der Waals surface area (Å²) in [5.41, 5.74) is -2.40. The number of carbonyl (C=O) groups excluding carboxylic acids is 3. The number of fused-ring (bicyclic) bond motifs is 1. The SMILES string of the molecule is [B]N1C(=O)C([B])([B])CC([B])(N2Cc3c(cc(F)cc3N([B])O)C2=O)C1=O. The Bertz CT molecular complexity index is 851. The Morgan fingerprint density at radius 3 is 2.35 bits per heavy atom. The topological polar surface area (TPSA) is 81.2 Å². The predicted octanol–water partition coefficient (Wildman–Crippen LogP) is -1.78. The van der Waals surface area contributed by atoms with Crippen LogP contribution in [-0.4, -0.2) is 77.6 Å². The lowest BCUT2D eigenvalue weighted by Gasteiger charge is -2.50. The quantitative estimate of drug-likeness (QED) is 0.391. The van der Waals surface area contributed by atoms with Gasteiger partial charge in [-0.2, -0.15) is 0 Å². The van der Waals surface area contributed by atoms with Crippen LogP contribution in [0, 0.1) is 5.82 Å². The maximum Gasteiger partial charge on any atom is 0.271 e. The molecule has 1 fully saturated rings. The second-order valence-corrected chi connectivity index (χ2v) is 6.31. The Morgan fingerprint density at radius 2 is 1.77 bits per heavy atom. The van der Waals surface area contributed by atoms with Crippen LogP contribution in [0.1, 0.15) is 22.3 Å². The number of anilines is 1. The number of rotatable bonds is 2. The van der Waals surface area contributed by atoms with Crippen LogP contribution in [-0.2, 0) is 16.1 Å². The standard InChI is InChI=1S/C13H7B5FN3O4/c14-12(15)4-13(16,11(25)21(17)10(12)24)20-3-7-6(9(20)23)1-5(19)2-8(7)22(18)26/h1-2,26H,3-4H2. The van der Waals surface area contributed by atoms with E-state index in [0.717, 1.165) is 17.0 Å². The first kappa shape index (κ1) is 18.6. The third kappa shape index (κ3) is 2.48. The second kappa shape index (κ2) is 5.67. The predicted molar refractivity (Wildman–Crippen MR) is 91.2 cm³/mol. The van der Waals surface area contributed by atoms with Crippen molar-refractivity contribution >= 4 is 62.9 Å². The summed E-state index contributed by atoms with van der Waals surface area (Å²) in [4.78, 5) is 38.3. The molecule has 1 atom stereocenters. The number of imide groups is 1. The molecule has 1 aromatic carbocycles. The molecule has 1 aromatic rings. The van der Waals surface area contributed by atoms with E-state index in [9.17, 15) is 24.0 Å². The van der Waals surface area contributed by atoms with Crippen LogP contribution in [0.4, 0.5) is 10.1 Å². The Labute approximate surface area is 154 Å². The van der Waals surface area contributed by atoms with E-state index in [1.165, 1.54) is 0 Å². The molecule has 13 heteroatoms. The van der Waals surface area contributed by atoms with E-state index in [0.29, 0.717) is 0 Å². The summed E-state index contributed by atoms with van der Waals surface area (Å²) in [5, 5.41) is 7.38. The number of halogens is 1. The molecule has 2 aliphatic rings. The summed E-state index contributed by atoms with van der Waals surface area (Å²) < 4.78 is 13.8. The Hall–Kier alpha value is -2.16. The van der Waals surface area contributed by atoms with Crippen molar-refractivity contribution < 1.29 is 24.0 Å². The molecule has 0 aliphatic carbocycles. The van der Waals surface area contributed by atoms with Crippen molar-refractivity contribution in [2.24, 2.45) is 0 Å². The number of carbonyl (C=O) groups is 3. The van der Waals surface area contributed by atoms with E-state index in [2.05, 4.69) is 0 Å². The molecule has 7 nitrogen and oxygen atoms in total. The van der Waals surface area contributed by atoms with Gasteiger partial charge in [0.15, 0.2) is 0 Å². The first-order valence-electron chi connectivity index (χ1n) is 7.28. The minimum Gasteiger partial charge on any atom is -0.340 e. The van der Waals surface area contributed by atoms with E-state index < -0.39 is 40.6 Å². The van der Waals surface area contributed by atoms with E-state index in [4.69, 9.17) is 39.5 Å². The number of piperidine rings is 1. The average molecular weight is 342 g/mol. The van der Waals surface area contributed by atoms with E-state index in [1.54, 1.807) is 0 Å². The van der Waals surface area contributed by atoms with Gasteiger partial charge in [-0.25, -0.2) is 4.39 Å². The molecule has 2 aliphatic heterocycles. The number of nitrogens with zero attached hydrogens (tertiary/aromatic N) is 3. The lowest BCUT2D eigenvalue weighted by molar-refractivity contribution is -0.148. The molecule has 1 unspecified atom stereocenters. The second-order valence-electron chi connectivity index (χ2n) is 6.31. The van der Waals surface area contributed by atoms with Crippen LogP contribution in [0.2, 0.25) is 5.21 Å². The molecule has 120 valence electrons. The first-order valence-corrected chi connectivity index (χ1v) is 7.28. The lowest BCUT2D eigenvalue weighted by atomic mass is 9.44. The highest BCUT2D eigenvalue weighted by atomic mass is 19.1. The fourth-order valence-corrected chi connectivity index (χ4v) is 3.21. The van der Waals surface area contributed by atoms with Gasteiger partial charge in [0.1, 0.15) is 13.7 Å². The molecular formula is C13H7B5FN3O4. The first-order chi connectivity index (χ1) is 11.9. The van der Waals surface area contributed by atoms with Crippen molar-refractivity contribution in [3.8, 4) is 0 Å². The molecule has 10 radical (unpaired) electrons.